The van der Waals surface area contributed by atoms with E-state index in [9.17, 15) is 0 Å². The van der Waals surface area contributed by atoms with Gasteiger partial charge in [0.2, 0.25) is 0 Å². The number of fused-ring (bicyclic) bond motifs is 1. The lowest BCUT2D eigenvalue weighted by Crippen LogP contribution is -1.87. The maximum absolute atomic E-state index is 5.21. The molecule has 0 bridgehead atoms. The van der Waals surface area contributed by atoms with E-state index in [2.05, 4.69) is 17.6 Å². The van der Waals surface area contributed by atoms with Crippen molar-refractivity contribution in [2.45, 2.75) is 4.90 Å². The number of hydrogen-bond donors (Lipinski definition) is 1. The third-order valence-electron chi connectivity index (χ3n) is 1.93. The van der Waals surface area contributed by atoms with E-state index < -0.39 is 0 Å². The molecule has 13 heavy (non-hydrogen) atoms. The SMILES string of the molecule is COc1ccnc2c(S)cccc12. The van der Waals surface area contributed by atoms with E-state index in [1.807, 2.05) is 24.3 Å². The summed E-state index contributed by atoms with van der Waals surface area (Å²) in [5.41, 5.74) is 0.880. The number of nitrogens with zero attached hydrogens (tertiary/aromatic N) is 1. The molecule has 3 heteroatoms. The van der Waals surface area contributed by atoms with Crippen molar-refractivity contribution in [3.8, 4) is 5.75 Å². The first kappa shape index (κ1) is 8.38. The Morgan fingerprint density at radius 3 is 2.92 bits per heavy atom. The molecule has 0 aliphatic heterocycles. The van der Waals surface area contributed by atoms with Gasteiger partial charge in [0.1, 0.15) is 5.75 Å². The second-order valence-electron chi connectivity index (χ2n) is 2.69. The third-order valence-corrected chi connectivity index (χ3v) is 2.29. The molecule has 0 radical (unpaired) electrons. The molecule has 0 unspecified atom stereocenters. The van der Waals surface area contributed by atoms with Crippen molar-refractivity contribution in [1.82, 2.24) is 4.98 Å². The lowest BCUT2D eigenvalue weighted by atomic mass is 10.2. The van der Waals surface area contributed by atoms with E-state index in [0.717, 1.165) is 21.5 Å². The molecule has 0 N–H and O–H groups in total. The molecule has 1 heterocycles. The Labute approximate surface area is 82.0 Å². The number of thiol groups is 1. The second kappa shape index (κ2) is 3.26. The van der Waals surface area contributed by atoms with E-state index in [1.54, 1.807) is 13.3 Å². The van der Waals surface area contributed by atoms with Gasteiger partial charge < -0.3 is 4.74 Å². The highest BCUT2D eigenvalue weighted by Crippen LogP contribution is 2.26. The summed E-state index contributed by atoms with van der Waals surface area (Å²) < 4.78 is 5.21. The summed E-state index contributed by atoms with van der Waals surface area (Å²) in [4.78, 5) is 5.10. The van der Waals surface area contributed by atoms with Crippen LogP contribution in [0.3, 0.4) is 0 Å². The topological polar surface area (TPSA) is 22.1 Å². The summed E-state index contributed by atoms with van der Waals surface area (Å²) in [6, 6.07) is 7.67. The van der Waals surface area contributed by atoms with Crippen LogP contribution in [0.1, 0.15) is 0 Å². The second-order valence-corrected chi connectivity index (χ2v) is 3.17. The molecule has 0 atom stereocenters. The van der Waals surface area contributed by atoms with Crippen LogP contribution in [0.5, 0.6) is 5.75 Å². The van der Waals surface area contributed by atoms with Gasteiger partial charge >= 0.3 is 0 Å². The van der Waals surface area contributed by atoms with Crippen molar-refractivity contribution >= 4 is 23.5 Å². The number of benzene rings is 1. The highest BCUT2D eigenvalue weighted by Gasteiger charge is 2.02. The quantitative estimate of drug-likeness (QED) is 0.700. The summed E-state index contributed by atoms with van der Waals surface area (Å²) in [6.45, 7) is 0. The lowest BCUT2D eigenvalue weighted by Gasteiger charge is -2.04. The highest BCUT2D eigenvalue weighted by molar-refractivity contribution is 7.80. The first-order valence-electron chi connectivity index (χ1n) is 3.93. The number of para-hydroxylation sites is 1. The number of pyridine rings is 1. The average molecular weight is 191 g/mol. The molecule has 66 valence electrons. The Balaban J connectivity index is 2.84. The molecular formula is C10H9NOS. The van der Waals surface area contributed by atoms with Crippen LogP contribution in [0, 0.1) is 0 Å². The molecule has 0 saturated heterocycles. The zero-order chi connectivity index (χ0) is 9.26. The number of ether oxygens (including phenoxy) is 1. The molecule has 1 aromatic carbocycles. The molecule has 0 aliphatic carbocycles. The van der Waals surface area contributed by atoms with Crippen molar-refractivity contribution in [3.05, 3.63) is 30.5 Å². The number of hydrogen-bond acceptors (Lipinski definition) is 3. The van der Waals surface area contributed by atoms with Crippen molar-refractivity contribution in [1.29, 1.82) is 0 Å². The fourth-order valence-electron chi connectivity index (χ4n) is 1.31. The molecule has 2 rings (SSSR count). The summed E-state index contributed by atoms with van der Waals surface area (Å²) in [5, 5.41) is 0.998. The molecule has 0 saturated carbocycles. The maximum atomic E-state index is 5.21. The first-order valence-corrected chi connectivity index (χ1v) is 4.38. The fourth-order valence-corrected chi connectivity index (χ4v) is 1.58. The minimum absolute atomic E-state index is 0.834. The summed E-state index contributed by atoms with van der Waals surface area (Å²) in [6.07, 6.45) is 1.72. The molecule has 0 aliphatic rings. The zero-order valence-electron chi connectivity index (χ0n) is 7.19. The predicted octanol–water partition coefficient (Wildman–Crippen LogP) is 2.53. The van der Waals surface area contributed by atoms with Crippen molar-refractivity contribution in [3.63, 3.8) is 0 Å². The van der Waals surface area contributed by atoms with E-state index in [4.69, 9.17) is 4.74 Å². The van der Waals surface area contributed by atoms with Gasteiger partial charge in [-0.1, -0.05) is 6.07 Å². The molecule has 0 amide bonds. The fraction of sp³-hybridized carbons (Fsp3) is 0.100. The van der Waals surface area contributed by atoms with E-state index in [1.165, 1.54) is 0 Å². The Kier molecular flexibility index (Phi) is 2.10. The maximum Gasteiger partial charge on any atom is 0.129 e. The van der Waals surface area contributed by atoms with Crippen LogP contribution in [-0.4, -0.2) is 12.1 Å². The van der Waals surface area contributed by atoms with Gasteiger partial charge in [-0.25, -0.2) is 0 Å². The summed E-state index contributed by atoms with van der Waals surface area (Å²) in [7, 11) is 1.65. The zero-order valence-corrected chi connectivity index (χ0v) is 8.08. The monoisotopic (exact) mass is 191 g/mol. The lowest BCUT2D eigenvalue weighted by molar-refractivity contribution is 0.419. The van der Waals surface area contributed by atoms with Crippen LogP contribution in [0.2, 0.25) is 0 Å². The Morgan fingerprint density at radius 2 is 2.15 bits per heavy atom. The van der Waals surface area contributed by atoms with Crippen LogP contribution in [0.4, 0.5) is 0 Å². The van der Waals surface area contributed by atoms with Crippen LogP contribution >= 0.6 is 12.6 Å². The van der Waals surface area contributed by atoms with Gasteiger partial charge in [0.05, 0.1) is 12.6 Å². The normalized spacial score (nSPS) is 10.3. The summed E-state index contributed by atoms with van der Waals surface area (Å²) in [5.74, 6) is 0.834. The first-order chi connectivity index (χ1) is 6.33. The predicted molar refractivity (Wildman–Crippen MR) is 55.5 cm³/mol. The van der Waals surface area contributed by atoms with E-state index in [-0.39, 0.29) is 0 Å². The van der Waals surface area contributed by atoms with Crippen LogP contribution in [0.25, 0.3) is 10.9 Å². The van der Waals surface area contributed by atoms with E-state index in [0.29, 0.717) is 0 Å². The van der Waals surface area contributed by atoms with Gasteiger partial charge in [-0.15, -0.1) is 12.6 Å². The van der Waals surface area contributed by atoms with Crippen molar-refractivity contribution < 1.29 is 4.74 Å². The Hall–Kier alpha value is -1.22. The number of rotatable bonds is 1. The molecule has 2 nitrogen and oxygen atoms in total. The summed E-state index contributed by atoms with van der Waals surface area (Å²) >= 11 is 4.32. The van der Waals surface area contributed by atoms with Gasteiger partial charge in [-0.2, -0.15) is 0 Å². The molecule has 1 aromatic heterocycles. The Bertz CT molecular complexity index is 442. The number of aromatic nitrogens is 1. The van der Waals surface area contributed by atoms with Crippen LogP contribution in [-0.2, 0) is 0 Å². The van der Waals surface area contributed by atoms with Crippen molar-refractivity contribution in [2.24, 2.45) is 0 Å². The van der Waals surface area contributed by atoms with Gasteiger partial charge in [0.25, 0.3) is 0 Å². The highest BCUT2D eigenvalue weighted by atomic mass is 32.1. The molecular weight excluding hydrogens is 182 g/mol. The minimum Gasteiger partial charge on any atom is -0.496 e. The van der Waals surface area contributed by atoms with Gasteiger partial charge in [0, 0.05) is 16.5 Å². The number of methoxy groups -OCH3 is 1. The van der Waals surface area contributed by atoms with Crippen molar-refractivity contribution in [2.75, 3.05) is 7.11 Å². The largest absolute Gasteiger partial charge is 0.496 e. The molecule has 2 aromatic rings. The van der Waals surface area contributed by atoms with Gasteiger partial charge in [-0.3, -0.25) is 4.98 Å². The Morgan fingerprint density at radius 1 is 1.31 bits per heavy atom. The van der Waals surface area contributed by atoms with Crippen LogP contribution in [0.15, 0.2) is 35.4 Å². The molecule has 0 fully saturated rings. The van der Waals surface area contributed by atoms with Gasteiger partial charge in [0.15, 0.2) is 0 Å². The van der Waals surface area contributed by atoms with Crippen LogP contribution < -0.4 is 4.74 Å². The van der Waals surface area contributed by atoms with Gasteiger partial charge in [-0.05, 0) is 18.2 Å². The third kappa shape index (κ3) is 1.35. The molecule has 0 spiro atoms. The average Bonchev–Trinajstić information content (AvgIpc) is 2.18. The standard InChI is InChI=1S/C10H9NOS/c1-12-8-5-6-11-10-7(8)3-2-4-9(10)13/h2-6,13H,1H3. The smallest absolute Gasteiger partial charge is 0.129 e. The minimum atomic E-state index is 0.834. The van der Waals surface area contributed by atoms with E-state index >= 15 is 0 Å².